The van der Waals surface area contributed by atoms with Crippen molar-refractivity contribution in [1.82, 2.24) is 0 Å². The zero-order chi connectivity index (χ0) is 15.7. The number of para-hydroxylation sites is 1. The number of anilines is 1. The van der Waals surface area contributed by atoms with Crippen LogP contribution >= 0.6 is 11.6 Å². The molecule has 4 nitrogen and oxygen atoms in total. The lowest BCUT2D eigenvalue weighted by atomic mass is 10.1. The Morgan fingerprint density at radius 3 is 2.77 bits per heavy atom. The summed E-state index contributed by atoms with van der Waals surface area (Å²) in [5, 5.41) is 14.4. The maximum Gasteiger partial charge on any atom is 0.336 e. The predicted octanol–water partition coefficient (Wildman–Crippen LogP) is 4.07. The minimum Gasteiger partial charge on any atom is -0.508 e. The van der Waals surface area contributed by atoms with Gasteiger partial charge in [-0.15, -0.1) is 0 Å². The smallest absolute Gasteiger partial charge is 0.336 e. The van der Waals surface area contributed by atoms with E-state index in [0.29, 0.717) is 22.7 Å². The number of hydrogen-bond donors (Lipinski definition) is 2. The van der Waals surface area contributed by atoms with Gasteiger partial charge in [-0.05, 0) is 36.8 Å². The van der Waals surface area contributed by atoms with Gasteiger partial charge in [-0.1, -0.05) is 23.7 Å². The van der Waals surface area contributed by atoms with Crippen molar-refractivity contribution in [3.63, 3.8) is 0 Å². The van der Waals surface area contributed by atoms with Gasteiger partial charge in [0.05, 0.1) is 10.7 Å². The van der Waals surface area contributed by atoms with Crippen LogP contribution < -0.4 is 10.9 Å². The van der Waals surface area contributed by atoms with Gasteiger partial charge in [0.1, 0.15) is 11.3 Å². The van der Waals surface area contributed by atoms with Gasteiger partial charge in [0, 0.05) is 23.6 Å². The molecule has 0 aliphatic rings. The van der Waals surface area contributed by atoms with Crippen LogP contribution in [0.1, 0.15) is 11.1 Å². The highest BCUT2D eigenvalue weighted by Crippen LogP contribution is 2.28. The second-order valence-corrected chi connectivity index (χ2v) is 5.42. The van der Waals surface area contributed by atoms with E-state index in [1.807, 2.05) is 18.2 Å². The van der Waals surface area contributed by atoms with Crippen molar-refractivity contribution in [3.8, 4) is 5.75 Å². The minimum absolute atomic E-state index is 0.104. The molecular weight excluding hydrogens is 302 g/mol. The van der Waals surface area contributed by atoms with Gasteiger partial charge in [-0.3, -0.25) is 0 Å². The van der Waals surface area contributed by atoms with Crippen LogP contribution in [0.2, 0.25) is 5.02 Å². The van der Waals surface area contributed by atoms with E-state index in [0.717, 1.165) is 16.6 Å². The molecule has 0 amide bonds. The van der Waals surface area contributed by atoms with E-state index < -0.39 is 5.63 Å². The van der Waals surface area contributed by atoms with Crippen molar-refractivity contribution in [3.05, 3.63) is 69.0 Å². The summed E-state index contributed by atoms with van der Waals surface area (Å²) in [5.41, 5.74) is 2.09. The molecule has 22 heavy (non-hydrogen) atoms. The van der Waals surface area contributed by atoms with Gasteiger partial charge in [-0.2, -0.15) is 0 Å². The van der Waals surface area contributed by atoms with Gasteiger partial charge in [0.15, 0.2) is 0 Å². The Morgan fingerprint density at radius 2 is 2.00 bits per heavy atom. The molecule has 0 spiro atoms. The molecule has 0 radical (unpaired) electrons. The Bertz CT molecular complexity index is 902. The van der Waals surface area contributed by atoms with Crippen molar-refractivity contribution < 1.29 is 9.52 Å². The molecule has 3 aromatic rings. The summed E-state index contributed by atoms with van der Waals surface area (Å²) in [6.45, 7) is 2.14. The molecule has 1 heterocycles. The minimum atomic E-state index is -0.447. The molecule has 112 valence electrons. The van der Waals surface area contributed by atoms with Crippen LogP contribution in [0.3, 0.4) is 0 Å². The van der Waals surface area contributed by atoms with Crippen molar-refractivity contribution in [2.24, 2.45) is 0 Å². The van der Waals surface area contributed by atoms with Gasteiger partial charge >= 0.3 is 5.63 Å². The lowest BCUT2D eigenvalue weighted by Crippen LogP contribution is -2.06. The summed E-state index contributed by atoms with van der Waals surface area (Å²) in [7, 11) is 0. The van der Waals surface area contributed by atoms with Crippen LogP contribution in [0.4, 0.5) is 5.69 Å². The summed E-state index contributed by atoms with van der Waals surface area (Å²) < 4.78 is 5.22. The van der Waals surface area contributed by atoms with E-state index in [4.69, 9.17) is 16.0 Å². The number of phenols is 1. The molecule has 2 N–H and O–H groups in total. The predicted molar refractivity (Wildman–Crippen MR) is 87.7 cm³/mol. The van der Waals surface area contributed by atoms with Crippen LogP contribution in [0.25, 0.3) is 11.0 Å². The average Bonchev–Trinajstić information content (AvgIpc) is 2.50. The average molecular weight is 316 g/mol. The Kier molecular flexibility index (Phi) is 3.77. The fraction of sp³-hybridized carbons (Fsp3) is 0.118. The molecule has 0 aliphatic carbocycles. The highest BCUT2D eigenvalue weighted by atomic mass is 35.5. The summed E-state index contributed by atoms with van der Waals surface area (Å²) in [6.07, 6.45) is 0. The topological polar surface area (TPSA) is 62.5 Å². The largest absolute Gasteiger partial charge is 0.508 e. The Hall–Kier alpha value is -2.46. The highest BCUT2D eigenvalue weighted by Gasteiger charge is 2.11. The number of fused-ring (bicyclic) bond motifs is 1. The van der Waals surface area contributed by atoms with E-state index in [2.05, 4.69) is 5.32 Å². The number of aromatic hydroxyl groups is 1. The van der Waals surface area contributed by atoms with E-state index in [1.54, 1.807) is 25.1 Å². The number of hydrogen-bond acceptors (Lipinski definition) is 4. The van der Waals surface area contributed by atoms with Gasteiger partial charge in [0.25, 0.3) is 0 Å². The second kappa shape index (κ2) is 5.73. The molecule has 0 bridgehead atoms. The quantitative estimate of drug-likeness (QED) is 0.715. The van der Waals surface area contributed by atoms with Crippen LogP contribution in [0.5, 0.6) is 5.75 Å². The van der Waals surface area contributed by atoms with E-state index in [1.165, 1.54) is 6.07 Å². The van der Waals surface area contributed by atoms with E-state index in [-0.39, 0.29) is 5.75 Å². The highest BCUT2D eigenvalue weighted by molar-refractivity contribution is 6.33. The number of phenolic OH excluding ortho intramolecular Hbond substituents is 1. The fourth-order valence-electron chi connectivity index (χ4n) is 2.36. The normalized spacial score (nSPS) is 10.8. The van der Waals surface area contributed by atoms with Crippen LogP contribution in [0.15, 0.2) is 51.7 Å². The van der Waals surface area contributed by atoms with Gasteiger partial charge < -0.3 is 14.8 Å². The fourth-order valence-corrected chi connectivity index (χ4v) is 2.56. The van der Waals surface area contributed by atoms with Crippen LogP contribution in [0, 0.1) is 6.92 Å². The lowest BCUT2D eigenvalue weighted by molar-refractivity contribution is 0.468. The molecule has 5 heteroatoms. The Morgan fingerprint density at radius 1 is 1.23 bits per heavy atom. The van der Waals surface area contributed by atoms with E-state index in [9.17, 15) is 9.90 Å². The molecule has 0 saturated heterocycles. The molecule has 2 aromatic carbocycles. The second-order valence-electron chi connectivity index (χ2n) is 5.01. The maximum absolute atomic E-state index is 11.7. The molecule has 3 rings (SSSR count). The van der Waals surface area contributed by atoms with E-state index >= 15 is 0 Å². The van der Waals surface area contributed by atoms with Crippen molar-refractivity contribution in [2.75, 3.05) is 5.32 Å². The monoisotopic (exact) mass is 315 g/mol. The summed E-state index contributed by atoms with van der Waals surface area (Å²) in [5.74, 6) is 0.104. The van der Waals surface area contributed by atoms with Crippen molar-refractivity contribution in [2.45, 2.75) is 13.5 Å². The SMILES string of the molecule is Cc1c(O)ccc2c(CNc3ccccc3Cl)cc(=O)oc12. The van der Waals surface area contributed by atoms with Crippen LogP contribution in [-0.2, 0) is 6.54 Å². The summed E-state index contributed by atoms with van der Waals surface area (Å²) in [6, 6.07) is 12.2. The lowest BCUT2D eigenvalue weighted by Gasteiger charge is -2.11. The Labute approximate surface area is 132 Å². The summed E-state index contributed by atoms with van der Waals surface area (Å²) in [4.78, 5) is 11.7. The number of nitrogens with one attached hydrogen (secondary N) is 1. The van der Waals surface area contributed by atoms with Gasteiger partial charge in [0.2, 0.25) is 0 Å². The molecule has 0 fully saturated rings. The third-order valence-corrected chi connectivity index (χ3v) is 3.89. The third-order valence-electron chi connectivity index (χ3n) is 3.56. The number of benzene rings is 2. The molecule has 0 aliphatic heterocycles. The molecule has 1 aromatic heterocycles. The maximum atomic E-state index is 11.7. The first-order chi connectivity index (χ1) is 10.6. The van der Waals surface area contributed by atoms with Crippen molar-refractivity contribution in [1.29, 1.82) is 0 Å². The zero-order valence-corrected chi connectivity index (χ0v) is 12.6. The van der Waals surface area contributed by atoms with Crippen LogP contribution in [-0.4, -0.2) is 5.11 Å². The first-order valence-electron chi connectivity index (χ1n) is 6.80. The molecule has 0 saturated carbocycles. The molecule has 0 atom stereocenters. The Balaban J connectivity index is 2.02. The van der Waals surface area contributed by atoms with Crippen molar-refractivity contribution >= 4 is 28.3 Å². The third kappa shape index (κ3) is 2.65. The molecular formula is C17H14ClNO3. The molecule has 0 unspecified atom stereocenters. The number of rotatable bonds is 3. The zero-order valence-electron chi connectivity index (χ0n) is 11.9. The summed E-state index contributed by atoms with van der Waals surface area (Å²) >= 11 is 6.11. The number of halogens is 1. The first-order valence-corrected chi connectivity index (χ1v) is 7.18. The van der Waals surface area contributed by atoms with Gasteiger partial charge in [-0.25, -0.2) is 4.79 Å². The first kappa shape index (κ1) is 14.5. The number of aryl methyl sites for hydroxylation is 1. The standard InChI is InChI=1S/C17H14ClNO3/c1-10-15(20)7-6-12-11(8-16(21)22-17(10)12)9-19-14-5-3-2-4-13(14)18/h2-8,19-20H,9H2,1H3.